The molecular weight excluding hydrogens is 323 g/mol. The molecule has 4 nitrogen and oxygen atoms in total. The van der Waals surface area contributed by atoms with Crippen LogP contribution in [-0.2, 0) is 12.8 Å². The Bertz CT molecular complexity index is 667. The van der Waals surface area contributed by atoms with E-state index in [9.17, 15) is 4.39 Å². The van der Waals surface area contributed by atoms with Crippen molar-refractivity contribution in [1.82, 2.24) is 15.6 Å². The van der Waals surface area contributed by atoms with E-state index < -0.39 is 0 Å². The lowest BCUT2D eigenvalue weighted by Gasteiger charge is -2.11. The zero-order valence-corrected chi connectivity index (χ0v) is 15.3. The predicted molar refractivity (Wildman–Crippen MR) is 99.4 cm³/mol. The zero-order valence-electron chi connectivity index (χ0n) is 14.5. The number of nitrogens with zero attached hydrogens (tertiary/aromatic N) is 2. The first-order valence-electron chi connectivity index (χ1n) is 8.21. The van der Waals surface area contributed by atoms with Gasteiger partial charge in [-0.3, -0.25) is 4.99 Å². The van der Waals surface area contributed by atoms with Crippen LogP contribution in [0.25, 0.3) is 0 Å². The summed E-state index contributed by atoms with van der Waals surface area (Å²) in [5, 5.41) is 9.83. The van der Waals surface area contributed by atoms with Gasteiger partial charge in [0.05, 0.1) is 10.7 Å². The van der Waals surface area contributed by atoms with Crippen LogP contribution in [0, 0.1) is 5.82 Å². The van der Waals surface area contributed by atoms with Crippen molar-refractivity contribution in [2.24, 2.45) is 4.99 Å². The van der Waals surface area contributed by atoms with Gasteiger partial charge in [0.15, 0.2) is 5.96 Å². The van der Waals surface area contributed by atoms with Gasteiger partial charge in [-0.2, -0.15) is 0 Å². The fraction of sp³-hybridized carbons (Fsp3) is 0.444. The molecule has 24 heavy (non-hydrogen) atoms. The molecule has 2 N–H and O–H groups in total. The van der Waals surface area contributed by atoms with Gasteiger partial charge in [0.2, 0.25) is 0 Å². The maximum absolute atomic E-state index is 13.1. The van der Waals surface area contributed by atoms with Crippen LogP contribution in [0.4, 0.5) is 4.39 Å². The molecule has 1 aromatic heterocycles. The van der Waals surface area contributed by atoms with E-state index in [4.69, 9.17) is 0 Å². The number of halogens is 1. The van der Waals surface area contributed by atoms with Crippen LogP contribution in [0.5, 0.6) is 0 Å². The first-order chi connectivity index (χ1) is 11.6. The van der Waals surface area contributed by atoms with Crippen molar-refractivity contribution in [3.05, 3.63) is 51.7 Å². The monoisotopic (exact) mass is 348 g/mol. The molecule has 0 aliphatic carbocycles. The van der Waals surface area contributed by atoms with Gasteiger partial charge in [-0.25, -0.2) is 9.37 Å². The van der Waals surface area contributed by atoms with Crippen LogP contribution in [0.2, 0.25) is 0 Å². The summed E-state index contributed by atoms with van der Waals surface area (Å²) in [6.45, 7) is 5.80. The third-order valence-electron chi connectivity index (χ3n) is 3.56. The number of aromatic nitrogens is 1. The second-order valence-electron chi connectivity index (χ2n) is 5.89. The van der Waals surface area contributed by atoms with Gasteiger partial charge in [0.25, 0.3) is 0 Å². The van der Waals surface area contributed by atoms with Crippen molar-refractivity contribution in [2.75, 3.05) is 20.1 Å². The fourth-order valence-corrected chi connectivity index (χ4v) is 3.12. The Kier molecular flexibility index (Phi) is 7.18. The zero-order chi connectivity index (χ0) is 17.4. The molecule has 0 radical (unpaired) electrons. The second-order valence-corrected chi connectivity index (χ2v) is 6.78. The highest BCUT2D eigenvalue weighted by atomic mass is 32.1. The summed E-state index contributed by atoms with van der Waals surface area (Å²) in [6.07, 6.45) is 1.62. The normalized spacial score (nSPS) is 11.8. The molecule has 0 spiro atoms. The number of benzene rings is 1. The number of guanidine groups is 1. The SMILES string of the molecule is CN=C(NCCc1cccc(F)c1)NCCc1csc(C(C)C)n1. The summed E-state index contributed by atoms with van der Waals surface area (Å²) in [7, 11) is 1.75. The Labute approximate surface area is 147 Å². The molecule has 1 aromatic carbocycles. The van der Waals surface area contributed by atoms with Gasteiger partial charge in [-0.1, -0.05) is 26.0 Å². The van der Waals surface area contributed by atoms with E-state index in [2.05, 4.69) is 39.8 Å². The van der Waals surface area contributed by atoms with Gasteiger partial charge < -0.3 is 10.6 Å². The molecule has 0 saturated carbocycles. The lowest BCUT2D eigenvalue weighted by atomic mass is 10.1. The van der Waals surface area contributed by atoms with Crippen molar-refractivity contribution >= 4 is 17.3 Å². The van der Waals surface area contributed by atoms with E-state index in [-0.39, 0.29) is 5.82 Å². The molecule has 0 saturated heterocycles. The molecule has 0 amide bonds. The Morgan fingerprint density at radius 2 is 2.00 bits per heavy atom. The van der Waals surface area contributed by atoms with E-state index in [1.165, 1.54) is 11.1 Å². The highest BCUT2D eigenvalue weighted by Gasteiger charge is 2.06. The number of hydrogen-bond donors (Lipinski definition) is 2. The molecule has 0 fully saturated rings. The number of thiazole rings is 1. The Morgan fingerprint density at radius 1 is 1.25 bits per heavy atom. The Balaban J connectivity index is 1.70. The summed E-state index contributed by atoms with van der Waals surface area (Å²) in [6, 6.07) is 6.68. The van der Waals surface area contributed by atoms with Crippen molar-refractivity contribution in [2.45, 2.75) is 32.6 Å². The minimum absolute atomic E-state index is 0.195. The van der Waals surface area contributed by atoms with Crippen LogP contribution in [0.3, 0.4) is 0 Å². The molecule has 2 aromatic rings. The average molecular weight is 348 g/mol. The largest absolute Gasteiger partial charge is 0.356 e. The Morgan fingerprint density at radius 3 is 2.62 bits per heavy atom. The van der Waals surface area contributed by atoms with Crippen LogP contribution < -0.4 is 10.6 Å². The summed E-state index contributed by atoms with van der Waals surface area (Å²) in [5.74, 6) is 1.04. The van der Waals surface area contributed by atoms with E-state index >= 15 is 0 Å². The molecule has 0 unspecified atom stereocenters. The van der Waals surface area contributed by atoms with Gasteiger partial charge in [0, 0.05) is 37.9 Å². The van der Waals surface area contributed by atoms with Crippen molar-refractivity contribution in [3.8, 4) is 0 Å². The maximum atomic E-state index is 13.1. The molecule has 2 rings (SSSR count). The number of rotatable bonds is 7. The molecular formula is C18H25FN4S. The quantitative estimate of drug-likeness (QED) is 0.596. The number of nitrogens with one attached hydrogen (secondary N) is 2. The average Bonchev–Trinajstić information content (AvgIpc) is 3.02. The fourth-order valence-electron chi connectivity index (χ4n) is 2.25. The molecule has 0 atom stereocenters. The van der Waals surface area contributed by atoms with E-state index in [1.807, 2.05) is 6.07 Å². The predicted octanol–water partition coefficient (Wildman–Crippen LogP) is 3.36. The van der Waals surface area contributed by atoms with Gasteiger partial charge in [-0.15, -0.1) is 11.3 Å². The third kappa shape index (κ3) is 5.92. The van der Waals surface area contributed by atoms with E-state index in [1.54, 1.807) is 30.5 Å². The summed E-state index contributed by atoms with van der Waals surface area (Å²) in [5.41, 5.74) is 2.09. The topological polar surface area (TPSA) is 49.3 Å². The lowest BCUT2D eigenvalue weighted by Crippen LogP contribution is -2.39. The van der Waals surface area contributed by atoms with Crippen molar-refractivity contribution < 1.29 is 4.39 Å². The van der Waals surface area contributed by atoms with Crippen LogP contribution in [-0.4, -0.2) is 31.1 Å². The van der Waals surface area contributed by atoms with Gasteiger partial charge >= 0.3 is 0 Å². The minimum atomic E-state index is -0.195. The molecule has 1 heterocycles. The van der Waals surface area contributed by atoms with E-state index in [0.717, 1.165) is 36.6 Å². The minimum Gasteiger partial charge on any atom is -0.356 e. The third-order valence-corrected chi connectivity index (χ3v) is 4.75. The molecule has 130 valence electrons. The van der Waals surface area contributed by atoms with Crippen LogP contribution in [0.1, 0.15) is 36.0 Å². The van der Waals surface area contributed by atoms with Crippen LogP contribution in [0.15, 0.2) is 34.6 Å². The lowest BCUT2D eigenvalue weighted by molar-refractivity contribution is 0.625. The highest BCUT2D eigenvalue weighted by molar-refractivity contribution is 7.09. The van der Waals surface area contributed by atoms with Crippen molar-refractivity contribution in [1.29, 1.82) is 0 Å². The first kappa shape index (κ1) is 18.4. The maximum Gasteiger partial charge on any atom is 0.190 e. The van der Waals surface area contributed by atoms with Gasteiger partial charge in [-0.05, 0) is 24.1 Å². The first-order valence-corrected chi connectivity index (χ1v) is 9.09. The standard InChI is InChI=1S/C18H25FN4S/c1-13(2)17-23-16(12-24-17)8-10-22-18(20-3)21-9-7-14-5-4-6-15(19)11-14/h4-6,11-13H,7-10H2,1-3H3,(H2,20,21,22). The molecule has 0 aliphatic rings. The van der Waals surface area contributed by atoms with Gasteiger partial charge in [0.1, 0.15) is 5.82 Å². The van der Waals surface area contributed by atoms with Crippen LogP contribution >= 0.6 is 11.3 Å². The number of hydrogen-bond acceptors (Lipinski definition) is 3. The Hall–Kier alpha value is -1.95. The molecule has 0 aliphatic heterocycles. The smallest absolute Gasteiger partial charge is 0.190 e. The molecule has 0 bridgehead atoms. The number of aliphatic imine (C=N–C) groups is 1. The summed E-state index contributed by atoms with van der Waals surface area (Å²) in [4.78, 5) is 8.83. The van der Waals surface area contributed by atoms with Crippen molar-refractivity contribution in [3.63, 3.8) is 0 Å². The summed E-state index contributed by atoms with van der Waals surface area (Å²) >= 11 is 1.72. The summed E-state index contributed by atoms with van der Waals surface area (Å²) < 4.78 is 13.1. The second kappa shape index (κ2) is 9.37. The molecule has 6 heteroatoms. The highest BCUT2D eigenvalue weighted by Crippen LogP contribution is 2.19. The van der Waals surface area contributed by atoms with E-state index in [0.29, 0.717) is 12.5 Å².